The van der Waals surface area contributed by atoms with Crippen LogP contribution >= 0.6 is 11.3 Å². The van der Waals surface area contributed by atoms with E-state index in [1.165, 1.54) is 11.3 Å². The van der Waals surface area contributed by atoms with Crippen LogP contribution in [0.1, 0.15) is 59.8 Å². The first-order chi connectivity index (χ1) is 10.7. The summed E-state index contributed by atoms with van der Waals surface area (Å²) in [7, 11) is 0. The predicted molar refractivity (Wildman–Crippen MR) is 87.5 cm³/mol. The number of aryl methyl sites for hydroxylation is 1. The summed E-state index contributed by atoms with van der Waals surface area (Å²) in [5, 5.41) is 4.19. The first-order valence-electron chi connectivity index (χ1n) is 8.01. The summed E-state index contributed by atoms with van der Waals surface area (Å²) < 4.78 is 5.24. The molecule has 1 N–H and O–H groups in total. The molecule has 0 spiro atoms. The van der Waals surface area contributed by atoms with Gasteiger partial charge in [0.05, 0.1) is 12.2 Å². The van der Waals surface area contributed by atoms with E-state index in [2.05, 4.69) is 5.32 Å². The molecular weight excluding hydrogens is 298 g/mol. The molecule has 0 unspecified atom stereocenters. The van der Waals surface area contributed by atoms with Crippen LogP contribution in [0.3, 0.4) is 0 Å². The van der Waals surface area contributed by atoms with Gasteiger partial charge in [0.1, 0.15) is 5.00 Å². The van der Waals surface area contributed by atoms with Crippen molar-refractivity contribution in [2.75, 3.05) is 11.9 Å². The lowest BCUT2D eigenvalue weighted by Crippen LogP contribution is -2.13. The molecule has 1 heterocycles. The third-order valence-corrected chi connectivity index (χ3v) is 5.34. The molecule has 4 nitrogen and oxygen atoms in total. The number of fused-ring (bicyclic) bond motifs is 1. The second-order valence-corrected chi connectivity index (χ2v) is 6.86. The van der Waals surface area contributed by atoms with Crippen molar-refractivity contribution in [2.45, 2.75) is 51.9 Å². The lowest BCUT2D eigenvalue weighted by atomic mass is 9.95. The van der Waals surface area contributed by atoms with Gasteiger partial charge in [-0.25, -0.2) is 4.79 Å². The van der Waals surface area contributed by atoms with E-state index in [0.29, 0.717) is 18.6 Å². The first-order valence-corrected chi connectivity index (χ1v) is 8.82. The molecule has 2 aliphatic carbocycles. The summed E-state index contributed by atoms with van der Waals surface area (Å²) in [5.74, 6) is -0.0834. The highest BCUT2D eigenvalue weighted by molar-refractivity contribution is 7.16. The van der Waals surface area contributed by atoms with Gasteiger partial charge < -0.3 is 10.1 Å². The van der Waals surface area contributed by atoms with Gasteiger partial charge in [0.25, 0.3) is 0 Å². The van der Waals surface area contributed by atoms with Crippen LogP contribution in [0.25, 0.3) is 0 Å². The largest absolute Gasteiger partial charge is 0.462 e. The predicted octanol–water partition coefficient (Wildman–Crippen LogP) is 3.85. The zero-order chi connectivity index (χ0) is 15.5. The van der Waals surface area contributed by atoms with Crippen LogP contribution in [-0.2, 0) is 22.4 Å². The molecule has 5 heteroatoms. The summed E-state index contributed by atoms with van der Waals surface area (Å²) in [6.45, 7) is 2.20. The number of allylic oxidation sites excluding steroid dienone is 2. The van der Waals surface area contributed by atoms with Gasteiger partial charge in [0, 0.05) is 23.1 Å². The molecule has 2 aliphatic rings. The average molecular weight is 319 g/mol. The number of ether oxygens (including phenoxy) is 1. The van der Waals surface area contributed by atoms with Crippen LogP contribution in [0.4, 0.5) is 5.00 Å². The van der Waals surface area contributed by atoms with Crippen molar-refractivity contribution in [1.82, 2.24) is 0 Å². The van der Waals surface area contributed by atoms with Crippen molar-refractivity contribution in [3.8, 4) is 0 Å². The molecule has 1 aromatic heterocycles. The standard InChI is InChI=1S/C17H21NO3S/c1-2-21-17(20)15-13-8-3-4-9-14(13)22-16(15)18-11-6-5-7-12(19)10-11/h10,18H,2-9H2,1H3. The summed E-state index contributed by atoms with van der Waals surface area (Å²) in [4.78, 5) is 25.2. The molecular formula is C17H21NO3S. The molecule has 1 aromatic rings. The number of rotatable bonds is 4. The molecule has 22 heavy (non-hydrogen) atoms. The Morgan fingerprint density at radius 3 is 2.82 bits per heavy atom. The Morgan fingerprint density at radius 1 is 1.23 bits per heavy atom. The summed E-state index contributed by atoms with van der Waals surface area (Å²) in [5.41, 5.74) is 2.76. The molecule has 0 bridgehead atoms. The van der Waals surface area contributed by atoms with E-state index in [9.17, 15) is 9.59 Å². The zero-order valence-electron chi connectivity index (χ0n) is 12.9. The molecule has 118 valence electrons. The van der Waals surface area contributed by atoms with E-state index < -0.39 is 0 Å². The molecule has 0 aromatic carbocycles. The fourth-order valence-corrected chi connectivity index (χ4v) is 4.42. The maximum absolute atomic E-state index is 12.4. The van der Waals surface area contributed by atoms with Crippen LogP contribution in [0.5, 0.6) is 0 Å². The monoisotopic (exact) mass is 319 g/mol. The number of carbonyl (C=O) groups excluding carboxylic acids is 2. The SMILES string of the molecule is CCOC(=O)c1c(NC2=CC(=O)CCC2)sc2c1CCCC2. The normalized spacial score (nSPS) is 17.7. The lowest BCUT2D eigenvalue weighted by molar-refractivity contribution is -0.115. The number of carbonyl (C=O) groups is 2. The van der Waals surface area contributed by atoms with Gasteiger partial charge in [-0.3, -0.25) is 4.79 Å². The van der Waals surface area contributed by atoms with Crippen molar-refractivity contribution in [3.05, 3.63) is 27.8 Å². The maximum Gasteiger partial charge on any atom is 0.341 e. The minimum atomic E-state index is -0.243. The van der Waals surface area contributed by atoms with E-state index in [1.807, 2.05) is 6.92 Å². The fourth-order valence-electron chi connectivity index (χ4n) is 3.11. The lowest BCUT2D eigenvalue weighted by Gasteiger charge is -2.15. The van der Waals surface area contributed by atoms with Gasteiger partial charge >= 0.3 is 5.97 Å². The second-order valence-electron chi connectivity index (χ2n) is 5.75. The number of anilines is 1. The van der Waals surface area contributed by atoms with Crippen molar-refractivity contribution < 1.29 is 14.3 Å². The molecule has 3 rings (SSSR count). The average Bonchev–Trinajstić information content (AvgIpc) is 2.85. The summed E-state index contributed by atoms with van der Waals surface area (Å²) in [6.07, 6.45) is 8.31. The maximum atomic E-state index is 12.4. The number of hydrogen-bond donors (Lipinski definition) is 1. The third kappa shape index (κ3) is 3.09. The topological polar surface area (TPSA) is 55.4 Å². The van der Waals surface area contributed by atoms with Crippen LogP contribution in [0, 0.1) is 0 Å². The van der Waals surface area contributed by atoms with Crippen molar-refractivity contribution >= 4 is 28.1 Å². The molecule has 0 radical (unpaired) electrons. The highest BCUT2D eigenvalue weighted by Crippen LogP contribution is 2.39. The van der Waals surface area contributed by atoms with E-state index in [1.54, 1.807) is 17.4 Å². The van der Waals surface area contributed by atoms with E-state index in [0.717, 1.165) is 48.4 Å². The van der Waals surface area contributed by atoms with Crippen LogP contribution in [0.15, 0.2) is 11.8 Å². The van der Waals surface area contributed by atoms with E-state index >= 15 is 0 Å². The Bertz CT molecular complexity index is 630. The summed E-state index contributed by atoms with van der Waals surface area (Å²) >= 11 is 1.65. The Kier molecular flexibility index (Phi) is 4.62. The number of esters is 1. The first kappa shape index (κ1) is 15.3. The molecule has 0 saturated heterocycles. The van der Waals surface area contributed by atoms with Crippen LogP contribution in [-0.4, -0.2) is 18.4 Å². The van der Waals surface area contributed by atoms with E-state index in [-0.39, 0.29) is 11.8 Å². The van der Waals surface area contributed by atoms with E-state index in [4.69, 9.17) is 4.74 Å². The Hall–Kier alpha value is -1.62. The Morgan fingerprint density at radius 2 is 2.05 bits per heavy atom. The number of ketones is 1. The van der Waals surface area contributed by atoms with Crippen molar-refractivity contribution in [2.24, 2.45) is 0 Å². The Balaban J connectivity index is 1.94. The van der Waals surface area contributed by atoms with Gasteiger partial charge in [-0.05, 0) is 51.0 Å². The highest BCUT2D eigenvalue weighted by Gasteiger charge is 2.27. The van der Waals surface area contributed by atoms with Crippen molar-refractivity contribution in [1.29, 1.82) is 0 Å². The summed E-state index contributed by atoms with van der Waals surface area (Å²) in [6, 6.07) is 0. The van der Waals surface area contributed by atoms with Gasteiger partial charge in [-0.15, -0.1) is 11.3 Å². The zero-order valence-corrected chi connectivity index (χ0v) is 13.7. The molecule has 0 aliphatic heterocycles. The molecule has 0 fully saturated rings. The van der Waals surface area contributed by atoms with Gasteiger partial charge in [0.15, 0.2) is 5.78 Å². The number of hydrogen-bond acceptors (Lipinski definition) is 5. The molecule has 0 saturated carbocycles. The van der Waals surface area contributed by atoms with Gasteiger partial charge in [-0.2, -0.15) is 0 Å². The van der Waals surface area contributed by atoms with Gasteiger partial charge in [0.2, 0.25) is 0 Å². The molecule has 0 atom stereocenters. The highest BCUT2D eigenvalue weighted by atomic mass is 32.1. The minimum absolute atomic E-state index is 0.160. The minimum Gasteiger partial charge on any atom is -0.462 e. The van der Waals surface area contributed by atoms with Crippen molar-refractivity contribution in [3.63, 3.8) is 0 Å². The number of nitrogens with one attached hydrogen (secondary N) is 1. The fraction of sp³-hybridized carbons (Fsp3) is 0.529. The van der Waals surface area contributed by atoms with Crippen LogP contribution < -0.4 is 5.32 Å². The van der Waals surface area contributed by atoms with Crippen LogP contribution in [0.2, 0.25) is 0 Å². The smallest absolute Gasteiger partial charge is 0.341 e. The Labute approximate surface area is 134 Å². The molecule has 0 amide bonds. The van der Waals surface area contributed by atoms with Gasteiger partial charge in [-0.1, -0.05) is 0 Å². The third-order valence-electron chi connectivity index (χ3n) is 4.13. The number of thiophene rings is 1. The quantitative estimate of drug-likeness (QED) is 0.856. The second kappa shape index (κ2) is 6.65.